The van der Waals surface area contributed by atoms with E-state index in [1.165, 1.54) is 0 Å². The zero-order valence-corrected chi connectivity index (χ0v) is 14.7. The molecule has 0 unspecified atom stereocenters. The number of rotatable bonds is 2. The monoisotopic (exact) mass is 357 g/mol. The summed E-state index contributed by atoms with van der Waals surface area (Å²) in [6.07, 6.45) is 5.08. The van der Waals surface area contributed by atoms with Crippen LogP contribution in [0.3, 0.4) is 0 Å². The molecule has 0 radical (unpaired) electrons. The van der Waals surface area contributed by atoms with Crippen LogP contribution in [0.25, 0.3) is 11.1 Å². The van der Waals surface area contributed by atoms with Crippen LogP contribution in [0.15, 0.2) is 27.4 Å². The SMILES string of the molecule is O=C(c1ccc2oc(=O)[nH]c2c1)N1CCCN(C(=O)C2CCCC2)CC1. The third-order valence-corrected chi connectivity index (χ3v) is 5.47. The number of aromatic amines is 1. The molecule has 1 aliphatic heterocycles. The van der Waals surface area contributed by atoms with Gasteiger partial charge < -0.3 is 14.2 Å². The Kier molecular flexibility index (Phi) is 4.53. The molecule has 138 valence electrons. The van der Waals surface area contributed by atoms with Crippen molar-refractivity contribution in [2.75, 3.05) is 26.2 Å². The van der Waals surface area contributed by atoms with Gasteiger partial charge in [-0.1, -0.05) is 12.8 Å². The molecule has 26 heavy (non-hydrogen) atoms. The van der Waals surface area contributed by atoms with E-state index < -0.39 is 5.76 Å². The van der Waals surface area contributed by atoms with Gasteiger partial charge >= 0.3 is 5.76 Å². The van der Waals surface area contributed by atoms with Crippen molar-refractivity contribution in [2.24, 2.45) is 5.92 Å². The molecule has 1 saturated carbocycles. The van der Waals surface area contributed by atoms with Crippen molar-refractivity contribution < 1.29 is 14.0 Å². The minimum absolute atomic E-state index is 0.0795. The molecule has 1 saturated heterocycles. The Hall–Kier alpha value is -2.57. The number of H-pyrrole nitrogens is 1. The second-order valence-corrected chi connectivity index (χ2v) is 7.18. The largest absolute Gasteiger partial charge is 0.417 e. The van der Waals surface area contributed by atoms with Gasteiger partial charge in [0.05, 0.1) is 5.52 Å². The second-order valence-electron chi connectivity index (χ2n) is 7.18. The molecule has 1 N–H and O–H groups in total. The van der Waals surface area contributed by atoms with Crippen molar-refractivity contribution in [1.82, 2.24) is 14.8 Å². The summed E-state index contributed by atoms with van der Waals surface area (Å²) in [6.45, 7) is 2.48. The van der Waals surface area contributed by atoms with E-state index in [2.05, 4.69) is 4.98 Å². The van der Waals surface area contributed by atoms with Crippen molar-refractivity contribution in [3.05, 3.63) is 34.3 Å². The fourth-order valence-electron chi connectivity index (χ4n) is 4.04. The standard InChI is InChI=1S/C19H23N3O4/c23-17(13-4-1-2-5-13)21-8-3-9-22(11-10-21)18(24)14-6-7-16-15(12-14)20-19(25)26-16/h6-7,12-13H,1-5,8-11H2,(H,20,25). The summed E-state index contributed by atoms with van der Waals surface area (Å²) in [5.41, 5.74) is 1.48. The maximum Gasteiger partial charge on any atom is 0.417 e. The van der Waals surface area contributed by atoms with E-state index in [-0.39, 0.29) is 17.7 Å². The predicted octanol–water partition coefficient (Wildman–Crippen LogP) is 1.99. The van der Waals surface area contributed by atoms with Crippen LogP contribution >= 0.6 is 0 Å². The Morgan fingerprint density at radius 3 is 2.54 bits per heavy atom. The van der Waals surface area contributed by atoms with Crippen LogP contribution in [0.1, 0.15) is 42.5 Å². The van der Waals surface area contributed by atoms with Gasteiger partial charge in [0.25, 0.3) is 5.91 Å². The first-order chi connectivity index (χ1) is 12.6. The molecule has 2 fully saturated rings. The maximum atomic E-state index is 12.8. The molecule has 7 heteroatoms. The average molecular weight is 357 g/mol. The van der Waals surface area contributed by atoms with Gasteiger partial charge in [0.1, 0.15) is 0 Å². The zero-order valence-electron chi connectivity index (χ0n) is 14.7. The quantitative estimate of drug-likeness (QED) is 0.890. The molecule has 2 amide bonds. The first-order valence-corrected chi connectivity index (χ1v) is 9.33. The van der Waals surface area contributed by atoms with Crippen molar-refractivity contribution in [1.29, 1.82) is 0 Å². The number of aromatic nitrogens is 1. The number of carbonyl (C=O) groups is 2. The smallest absolute Gasteiger partial charge is 0.408 e. The van der Waals surface area contributed by atoms with Crippen LogP contribution in [0.5, 0.6) is 0 Å². The topological polar surface area (TPSA) is 86.6 Å². The summed E-state index contributed by atoms with van der Waals surface area (Å²) in [6, 6.07) is 4.96. The van der Waals surface area contributed by atoms with Crippen molar-refractivity contribution in [3.8, 4) is 0 Å². The molecule has 7 nitrogen and oxygen atoms in total. The number of fused-ring (bicyclic) bond motifs is 1. The Labute approximate surface area is 150 Å². The summed E-state index contributed by atoms with van der Waals surface area (Å²) >= 11 is 0. The molecule has 2 aromatic rings. The van der Waals surface area contributed by atoms with Crippen LogP contribution in [-0.2, 0) is 4.79 Å². The Balaban J connectivity index is 1.44. The van der Waals surface area contributed by atoms with E-state index in [0.29, 0.717) is 42.8 Å². The number of carbonyl (C=O) groups excluding carboxylic acids is 2. The number of hydrogen-bond donors (Lipinski definition) is 1. The molecule has 1 aromatic carbocycles. The number of amides is 2. The minimum atomic E-state index is -0.527. The molecule has 4 rings (SSSR count). The number of hydrogen-bond acceptors (Lipinski definition) is 4. The lowest BCUT2D eigenvalue weighted by atomic mass is 10.1. The molecule has 2 heterocycles. The van der Waals surface area contributed by atoms with E-state index in [0.717, 1.165) is 32.1 Å². The highest BCUT2D eigenvalue weighted by Crippen LogP contribution is 2.27. The second kappa shape index (κ2) is 6.97. The summed E-state index contributed by atoms with van der Waals surface area (Å²) in [5.74, 6) is -0.170. The highest BCUT2D eigenvalue weighted by atomic mass is 16.4. The lowest BCUT2D eigenvalue weighted by Crippen LogP contribution is -2.39. The average Bonchev–Trinajstić information content (AvgIpc) is 3.23. The Morgan fingerprint density at radius 1 is 1.00 bits per heavy atom. The summed E-state index contributed by atoms with van der Waals surface area (Å²) in [7, 11) is 0. The van der Waals surface area contributed by atoms with Crippen molar-refractivity contribution in [2.45, 2.75) is 32.1 Å². The maximum absolute atomic E-state index is 12.8. The minimum Gasteiger partial charge on any atom is -0.408 e. The number of nitrogens with one attached hydrogen (secondary N) is 1. The predicted molar refractivity (Wildman–Crippen MR) is 95.9 cm³/mol. The number of nitrogens with zero attached hydrogens (tertiary/aromatic N) is 2. The fraction of sp³-hybridized carbons (Fsp3) is 0.526. The summed E-state index contributed by atoms with van der Waals surface area (Å²) in [4.78, 5) is 43.0. The van der Waals surface area contributed by atoms with Crippen LogP contribution in [0.2, 0.25) is 0 Å². The van der Waals surface area contributed by atoms with Crippen LogP contribution in [0, 0.1) is 5.92 Å². The lowest BCUT2D eigenvalue weighted by Gasteiger charge is -2.24. The highest BCUT2D eigenvalue weighted by Gasteiger charge is 2.29. The molecule has 2 aliphatic rings. The molecule has 0 spiro atoms. The van der Waals surface area contributed by atoms with Crippen molar-refractivity contribution >= 4 is 22.9 Å². The van der Waals surface area contributed by atoms with Gasteiger partial charge in [-0.05, 0) is 37.5 Å². The lowest BCUT2D eigenvalue weighted by molar-refractivity contribution is -0.135. The molecular weight excluding hydrogens is 334 g/mol. The summed E-state index contributed by atoms with van der Waals surface area (Å²) < 4.78 is 4.98. The van der Waals surface area contributed by atoms with Gasteiger partial charge in [0.15, 0.2) is 5.58 Å². The van der Waals surface area contributed by atoms with Crippen LogP contribution in [0.4, 0.5) is 0 Å². The van der Waals surface area contributed by atoms with E-state index in [1.54, 1.807) is 23.1 Å². The molecule has 1 aromatic heterocycles. The van der Waals surface area contributed by atoms with Gasteiger partial charge in [-0.15, -0.1) is 0 Å². The molecule has 0 atom stereocenters. The van der Waals surface area contributed by atoms with Gasteiger partial charge in [-0.25, -0.2) is 4.79 Å². The van der Waals surface area contributed by atoms with E-state index in [4.69, 9.17) is 4.42 Å². The van der Waals surface area contributed by atoms with E-state index in [1.807, 2.05) is 4.90 Å². The van der Waals surface area contributed by atoms with E-state index in [9.17, 15) is 14.4 Å². The fourth-order valence-corrected chi connectivity index (χ4v) is 4.04. The molecular formula is C19H23N3O4. The third kappa shape index (κ3) is 3.25. The van der Waals surface area contributed by atoms with Crippen molar-refractivity contribution in [3.63, 3.8) is 0 Å². The van der Waals surface area contributed by atoms with Crippen LogP contribution < -0.4 is 5.76 Å². The Morgan fingerprint density at radius 2 is 1.73 bits per heavy atom. The van der Waals surface area contributed by atoms with Gasteiger partial charge in [0.2, 0.25) is 5.91 Å². The molecule has 0 bridgehead atoms. The summed E-state index contributed by atoms with van der Waals surface area (Å²) in [5, 5.41) is 0. The highest BCUT2D eigenvalue weighted by molar-refractivity contribution is 5.97. The third-order valence-electron chi connectivity index (χ3n) is 5.47. The van der Waals surface area contributed by atoms with Gasteiger partial charge in [-0.3, -0.25) is 14.6 Å². The molecule has 1 aliphatic carbocycles. The first kappa shape index (κ1) is 16.9. The van der Waals surface area contributed by atoms with Crippen LogP contribution in [-0.4, -0.2) is 52.8 Å². The number of oxazole rings is 1. The Bertz CT molecular complexity index is 878. The van der Waals surface area contributed by atoms with E-state index >= 15 is 0 Å². The van der Waals surface area contributed by atoms with Gasteiger partial charge in [-0.2, -0.15) is 0 Å². The van der Waals surface area contributed by atoms with Gasteiger partial charge in [0, 0.05) is 37.7 Å². The first-order valence-electron chi connectivity index (χ1n) is 9.33. The number of benzene rings is 1. The normalized spacial score (nSPS) is 19.1. The zero-order chi connectivity index (χ0) is 18.1.